The van der Waals surface area contributed by atoms with Crippen LogP contribution in [-0.4, -0.2) is 39.6 Å². The highest BCUT2D eigenvalue weighted by Crippen LogP contribution is 2.27. The summed E-state index contributed by atoms with van der Waals surface area (Å²) in [6.07, 6.45) is 2.23. The van der Waals surface area contributed by atoms with Gasteiger partial charge in [0.1, 0.15) is 0 Å². The van der Waals surface area contributed by atoms with Crippen LogP contribution < -0.4 is 0 Å². The molecular weight excluding hydrogens is 398 g/mol. The first-order chi connectivity index (χ1) is 13.8. The van der Waals surface area contributed by atoms with E-state index in [0.717, 1.165) is 5.56 Å². The minimum atomic E-state index is -1.59. The summed E-state index contributed by atoms with van der Waals surface area (Å²) < 4.78 is 6.48. The molecule has 2 N–H and O–H groups in total. The summed E-state index contributed by atoms with van der Waals surface area (Å²) >= 11 is 6.06. The molecule has 0 fully saturated rings. The van der Waals surface area contributed by atoms with Gasteiger partial charge in [-0.15, -0.1) is 0 Å². The Bertz CT molecular complexity index is 1140. The molecule has 0 atom stereocenters. The van der Waals surface area contributed by atoms with Crippen molar-refractivity contribution >= 4 is 40.2 Å². The highest BCUT2D eigenvalue weighted by Gasteiger charge is 2.17. The van der Waals surface area contributed by atoms with Crippen molar-refractivity contribution < 1.29 is 29.3 Å². The molecule has 0 spiro atoms. The van der Waals surface area contributed by atoms with Gasteiger partial charge in [0.2, 0.25) is 5.76 Å². The molecule has 1 heterocycles. The summed E-state index contributed by atoms with van der Waals surface area (Å²) in [6, 6.07) is 11.9. The number of aliphatic carboxylic acids is 1. The molecule has 2 aromatic carbocycles. The van der Waals surface area contributed by atoms with Gasteiger partial charge in [-0.1, -0.05) is 23.7 Å². The van der Waals surface area contributed by atoms with E-state index in [1.807, 2.05) is 0 Å². The molecule has 8 heteroatoms. The predicted octanol–water partition coefficient (Wildman–Crippen LogP) is 3.84. The van der Waals surface area contributed by atoms with E-state index >= 15 is 0 Å². The zero-order chi connectivity index (χ0) is 21.1. The first-order valence-electron chi connectivity index (χ1n) is 8.44. The van der Waals surface area contributed by atoms with Gasteiger partial charge in [-0.25, -0.2) is 9.59 Å². The topological polar surface area (TPSA) is 106 Å². The van der Waals surface area contributed by atoms with Crippen molar-refractivity contribution in [2.45, 2.75) is 6.54 Å². The third-order valence-corrected chi connectivity index (χ3v) is 4.56. The summed E-state index contributed by atoms with van der Waals surface area (Å²) in [5.41, 5.74) is 2.21. The number of hydrogen-bond acceptors (Lipinski definition) is 5. The summed E-state index contributed by atoms with van der Waals surface area (Å²) in [5, 5.41) is 19.1. The van der Waals surface area contributed by atoms with Crippen LogP contribution >= 0.6 is 11.6 Å². The fraction of sp³-hybridized carbons (Fsp3) is 0.0952. The molecule has 0 amide bonds. The van der Waals surface area contributed by atoms with E-state index in [4.69, 9.17) is 16.7 Å². The van der Waals surface area contributed by atoms with Gasteiger partial charge in [-0.05, 0) is 35.9 Å². The average Bonchev–Trinajstić information content (AvgIpc) is 3.05. The van der Waals surface area contributed by atoms with Crippen LogP contribution in [0.25, 0.3) is 10.9 Å². The number of carboxylic acid groups (broad SMARTS) is 1. The second-order valence-corrected chi connectivity index (χ2v) is 6.66. The normalized spacial score (nSPS) is 11.4. The largest absolute Gasteiger partial charge is 0.502 e. The van der Waals surface area contributed by atoms with E-state index in [0.29, 0.717) is 34.1 Å². The lowest BCUT2D eigenvalue weighted by Crippen LogP contribution is -2.04. The number of hydrogen-bond donors (Lipinski definition) is 2. The van der Waals surface area contributed by atoms with Crippen LogP contribution in [0.5, 0.6) is 0 Å². The molecule has 0 aliphatic carbocycles. The van der Waals surface area contributed by atoms with Crippen molar-refractivity contribution in [3.8, 4) is 0 Å². The zero-order valence-electron chi connectivity index (χ0n) is 15.3. The lowest BCUT2D eigenvalue weighted by molar-refractivity contribution is -0.135. The predicted molar refractivity (Wildman–Crippen MR) is 107 cm³/mol. The Hall–Kier alpha value is -3.58. The van der Waals surface area contributed by atoms with E-state index in [1.165, 1.54) is 7.11 Å². The molecule has 0 bridgehead atoms. The molecule has 29 heavy (non-hydrogen) atoms. The number of carbonyl (C=O) groups is 3. The number of ketones is 1. The molecule has 1 aromatic heterocycles. The molecule has 0 saturated heterocycles. The first kappa shape index (κ1) is 20.2. The number of fused-ring (bicyclic) bond motifs is 1. The van der Waals surface area contributed by atoms with Crippen LogP contribution in [0.3, 0.4) is 0 Å². The van der Waals surface area contributed by atoms with Gasteiger partial charge < -0.3 is 19.5 Å². The highest BCUT2D eigenvalue weighted by atomic mass is 35.5. The SMILES string of the molecule is COC(=O)c1ccc(Cn2cc(C(=O)/C=C(\O)C(=O)O)c3cc(Cl)ccc32)cc1. The van der Waals surface area contributed by atoms with E-state index in [1.54, 1.807) is 53.2 Å². The third-order valence-electron chi connectivity index (χ3n) is 4.32. The van der Waals surface area contributed by atoms with Crippen molar-refractivity contribution in [1.82, 2.24) is 4.57 Å². The average molecular weight is 414 g/mol. The third kappa shape index (κ3) is 4.30. The van der Waals surface area contributed by atoms with E-state index < -0.39 is 23.5 Å². The summed E-state index contributed by atoms with van der Waals surface area (Å²) in [4.78, 5) is 34.9. The number of ether oxygens (including phenoxy) is 1. The molecule has 3 aromatic rings. The van der Waals surface area contributed by atoms with Crippen molar-refractivity contribution in [2.24, 2.45) is 0 Å². The number of halogens is 1. The second kappa shape index (κ2) is 8.20. The number of rotatable bonds is 6. The fourth-order valence-corrected chi connectivity index (χ4v) is 3.09. The molecule has 0 aliphatic rings. The summed E-state index contributed by atoms with van der Waals surface area (Å²) in [5.74, 6) is -3.73. The number of nitrogens with zero attached hydrogens (tertiary/aromatic N) is 1. The van der Waals surface area contributed by atoms with E-state index in [-0.39, 0.29) is 5.56 Å². The Morgan fingerprint density at radius 2 is 1.79 bits per heavy atom. The van der Waals surface area contributed by atoms with Crippen LogP contribution in [0.2, 0.25) is 5.02 Å². The molecule has 7 nitrogen and oxygen atoms in total. The molecule has 148 valence electrons. The van der Waals surface area contributed by atoms with Gasteiger partial charge in [0.15, 0.2) is 5.78 Å². The van der Waals surface area contributed by atoms with Gasteiger partial charge in [0.25, 0.3) is 0 Å². The maximum Gasteiger partial charge on any atom is 0.371 e. The van der Waals surface area contributed by atoms with Gasteiger partial charge in [-0.3, -0.25) is 4.79 Å². The van der Waals surface area contributed by atoms with Gasteiger partial charge in [-0.2, -0.15) is 0 Å². The van der Waals surface area contributed by atoms with Crippen LogP contribution in [0.15, 0.2) is 60.5 Å². The lowest BCUT2D eigenvalue weighted by Gasteiger charge is -2.07. The lowest BCUT2D eigenvalue weighted by atomic mass is 10.1. The number of aromatic nitrogens is 1. The highest BCUT2D eigenvalue weighted by molar-refractivity contribution is 6.31. The summed E-state index contributed by atoms with van der Waals surface area (Å²) in [7, 11) is 1.31. The van der Waals surface area contributed by atoms with E-state index in [9.17, 15) is 19.5 Å². The molecule has 3 rings (SSSR count). The number of carboxylic acids is 1. The van der Waals surface area contributed by atoms with Gasteiger partial charge in [0.05, 0.1) is 12.7 Å². The number of carbonyl (C=O) groups excluding carboxylic acids is 2. The second-order valence-electron chi connectivity index (χ2n) is 6.22. The smallest absolute Gasteiger partial charge is 0.371 e. The van der Waals surface area contributed by atoms with Crippen molar-refractivity contribution in [3.05, 3.63) is 82.2 Å². The minimum absolute atomic E-state index is 0.210. The molecule has 0 radical (unpaired) electrons. The Labute approximate surface area is 170 Å². The Morgan fingerprint density at radius 1 is 1.10 bits per heavy atom. The maximum absolute atomic E-state index is 12.5. The van der Waals surface area contributed by atoms with Crippen LogP contribution in [0.1, 0.15) is 26.3 Å². The molecule has 0 saturated carbocycles. The number of aliphatic hydroxyl groups excluding tert-OH is 1. The Kier molecular flexibility index (Phi) is 5.70. The standard InChI is InChI=1S/C21H16ClNO6/c1-29-21(28)13-4-2-12(3-5-13)10-23-11-16(18(24)9-19(25)20(26)27)15-8-14(22)6-7-17(15)23/h2-9,11,25H,10H2,1H3,(H,26,27)/b19-9-. The number of benzene rings is 2. The molecule has 0 aliphatic heterocycles. The zero-order valence-corrected chi connectivity index (χ0v) is 16.0. The minimum Gasteiger partial charge on any atom is -0.502 e. The fourth-order valence-electron chi connectivity index (χ4n) is 2.92. The summed E-state index contributed by atoms with van der Waals surface area (Å²) in [6.45, 7) is 0.390. The van der Waals surface area contributed by atoms with Gasteiger partial charge in [0, 0.05) is 40.3 Å². The van der Waals surface area contributed by atoms with Crippen LogP contribution in [0.4, 0.5) is 0 Å². The van der Waals surface area contributed by atoms with Crippen molar-refractivity contribution in [1.29, 1.82) is 0 Å². The van der Waals surface area contributed by atoms with Crippen molar-refractivity contribution in [3.63, 3.8) is 0 Å². The van der Waals surface area contributed by atoms with Gasteiger partial charge >= 0.3 is 11.9 Å². The van der Waals surface area contributed by atoms with E-state index in [2.05, 4.69) is 4.74 Å². The number of methoxy groups -OCH3 is 1. The molecule has 0 unspecified atom stereocenters. The number of allylic oxidation sites excluding steroid dienone is 1. The number of esters is 1. The number of aliphatic hydroxyl groups is 1. The first-order valence-corrected chi connectivity index (χ1v) is 8.82. The monoisotopic (exact) mass is 413 g/mol. The molecular formula is C21H16ClNO6. The van der Waals surface area contributed by atoms with Crippen LogP contribution in [-0.2, 0) is 16.1 Å². The Morgan fingerprint density at radius 3 is 2.41 bits per heavy atom. The maximum atomic E-state index is 12.5. The quantitative estimate of drug-likeness (QED) is 0.275. The van der Waals surface area contributed by atoms with Crippen molar-refractivity contribution in [2.75, 3.05) is 7.11 Å². The van der Waals surface area contributed by atoms with Crippen LogP contribution in [0, 0.1) is 0 Å². The Balaban J connectivity index is 2.01.